The predicted octanol–water partition coefficient (Wildman–Crippen LogP) is 1.61. The van der Waals surface area contributed by atoms with Gasteiger partial charge in [0.15, 0.2) is 0 Å². The monoisotopic (exact) mass is 282 g/mol. The summed E-state index contributed by atoms with van der Waals surface area (Å²) in [4.78, 5) is 19.9. The van der Waals surface area contributed by atoms with Crippen LogP contribution in [0.3, 0.4) is 0 Å². The van der Waals surface area contributed by atoms with Gasteiger partial charge in [0.2, 0.25) is 5.91 Å². The SMILES string of the molecule is O=C(NN1CCc2ccccc21)[C@H]1CCc2nc[nH]c2C1. The van der Waals surface area contributed by atoms with Gasteiger partial charge in [-0.15, -0.1) is 0 Å². The Morgan fingerprint density at radius 3 is 3.19 bits per heavy atom. The van der Waals surface area contributed by atoms with Gasteiger partial charge in [-0.25, -0.2) is 4.98 Å². The molecule has 4 rings (SSSR count). The predicted molar refractivity (Wildman–Crippen MR) is 79.7 cm³/mol. The number of anilines is 1. The van der Waals surface area contributed by atoms with E-state index in [1.165, 1.54) is 5.56 Å². The average Bonchev–Trinajstić information content (AvgIpc) is 3.13. The van der Waals surface area contributed by atoms with Crippen LogP contribution in [0.1, 0.15) is 23.4 Å². The van der Waals surface area contributed by atoms with E-state index in [-0.39, 0.29) is 11.8 Å². The largest absolute Gasteiger partial charge is 0.348 e. The van der Waals surface area contributed by atoms with Crippen molar-refractivity contribution in [3.8, 4) is 0 Å². The van der Waals surface area contributed by atoms with Gasteiger partial charge in [-0.2, -0.15) is 0 Å². The number of aryl methyl sites for hydroxylation is 1. The molecule has 2 aliphatic rings. The maximum Gasteiger partial charge on any atom is 0.242 e. The van der Waals surface area contributed by atoms with Crippen LogP contribution in [0.15, 0.2) is 30.6 Å². The van der Waals surface area contributed by atoms with Gasteiger partial charge in [0, 0.05) is 24.6 Å². The van der Waals surface area contributed by atoms with Crippen molar-refractivity contribution in [1.29, 1.82) is 0 Å². The summed E-state index contributed by atoms with van der Waals surface area (Å²) >= 11 is 0. The lowest BCUT2D eigenvalue weighted by Gasteiger charge is -2.26. The average molecular weight is 282 g/mol. The first-order valence-corrected chi connectivity index (χ1v) is 7.48. The molecule has 1 aliphatic carbocycles. The van der Waals surface area contributed by atoms with Crippen LogP contribution >= 0.6 is 0 Å². The van der Waals surface area contributed by atoms with Crippen molar-refractivity contribution in [1.82, 2.24) is 15.4 Å². The number of para-hydroxylation sites is 1. The second-order valence-corrected chi connectivity index (χ2v) is 5.77. The minimum Gasteiger partial charge on any atom is -0.348 e. The second kappa shape index (κ2) is 4.91. The van der Waals surface area contributed by atoms with E-state index >= 15 is 0 Å². The zero-order valence-corrected chi connectivity index (χ0v) is 11.8. The summed E-state index contributed by atoms with van der Waals surface area (Å²) in [5.41, 5.74) is 7.75. The molecule has 0 fully saturated rings. The van der Waals surface area contributed by atoms with Gasteiger partial charge in [-0.05, 0) is 30.9 Å². The van der Waals surface area contributed by atoms with Gasteiger partial charge in [-0.1, -0.05) is 18.2 Å². The number of aromatic amines is 1. The van der Waals surface area contributed by atoms with Gasteiger partial charge in [-0.3, -0.25) is 15.2 Å². The second-order valence-electron chi connectivity index (χ2n) is 5.77. The van der Waals surface area contributed by atoms with Crippen LogP contribution in [0.4, 0.5) is 5.69 Å². The van der Waals surface area contributed by atoms with Crippen LogP contribution in [0.25, 0.3) is 0 Å². The summed E-state index contributed by atoms with van der Waals surface area (Å²) in [6, 6.07) is 8.25. The topological polar surface area (TPSA) is 61.0 Å². The number of hydrazine groups is 1. The Morgan fingerprint density at radius 1 is 1.33 bits per heavy atom. The third kappa shape index (κ3) is 2.18. The number of aromatic nitrogens is 2. The van der Waals surface area contributed by atoms with E-state index in [0.29, 0.717) is 0 Å². The number of nitrogens with one attached hydrogen (secondary N) is 2. The van der Waals surface area contributed by atoms with Crippen molar-refractivity contribution in [2.45, 2.75) is 25.7 Å². The normalized spacial score (nSPS) is 20.0. The van der Waals surface area contributed by atoms with Crippen molar-refractivity contribution in [2.75, 3.05) is 11.6 Å². The number of carbonyl (C=O) groups excluding carboxylic acids is 1. The summed E-state index contributed by atoms with van der Waals surface area (Å²) in [7, 11) is 0. The van der Waals surface area contributed by atoms with E-state index in [9.17, 15) is 4.79 Å². The summed E-state index contributed by atoms with van der Waals surface area (Å²) in [5.74, 6) is 0.151. The number of imidazole rings is 1. The van der Waals surface area contributed by atoms with Gasteiger partial charge >= 0.3 is 0 Å². The Kier molecular flexibility index (Phi) is 2.91. The van der Waals surface area contributed by atoms with Crippen molar-refractivity contribution in [3.05, 3.63) is 47.5 Å². The van der Waals surface area contributed by atoms with E-state index < -0.39 is 0 Å². The summed E-state index contributed by atoms with van der Waals surface area (Å²) in [6.07, 6.45) is 5.23. The van der Waals surface area contributed by atoms with E-state index in [1.54, 1.807) is 6.33 Å². The molecule has 108 valence electrons. The summed E-state index contributed by atoms with van der Waals surface area (Å²) < 4.78 is 0. The Morgan fingerprint density at radius 2 is 2.24 bits per heavy atom. The lowest BCUT2D eigenvalue weighted by atomic mass is 9.89. The van der Waals surface area contributed by atoms with E-state index in [4.69, 9.17) is 0 Å². The number of nitrogens with zero attached hydrogens (tertiary/aromatic N) is 2. The lowest BCUT2D eigenvalue weighted by molar-refractivity contribution is -0.125. The summed E-state index contributed by atoms with van der Waals surface area (Å²) in [6.45, 7) is 0.854. The highest BCUT2D eigenvalue weighted by Gasteiger charge is 2.28. The Balaban J connectivity index is 1.46. The Hall–Kier alpha value is -2.30. The molecule has 2 aromatic rings. The van der Waals surface area contributed by atoms with Gasteiger partial charge in [0.25, 0.3) is 0 Å². The quantitative estimate of drug-likeness (QED) is 0.879. The Labute approximate surface area is 123 Å². The fourth-order valence-electron chi connectivity index (χ4n) is 3.30. The molecular formula is C16H18N4O. The Bertz CT molecular complexity index is 678. The van der Waals surface area contributed by atoms with E-state index in [1.807, 2.05) is 17.1 Å². The molecule has 1 aromatic heterocycles. The highest BCUT2D eigenvalue weighted by Crippen LogP contribution is 2.27. The molecule has 1 atom stereocenters. The van der Waals surface area contributed by atoms with Crippen LogP contribution in [0.2, 0.25) is 0 Å². The number of hydrogen-bond donors (Lipinski definition) is 2. The molecule has 1 amide bonds. The fourth-order valence-corrected chi connectivity index (χ4v) is 3.30. The molecule has 0 spiro atoms. The van der Waals surface area contributed by atoms with Crippen LogP contribution in [0, 0.1) is 5.92 Å². The third-order valence-electron chi connectivity index (χ3n) is 4.49. The maximum absolute atomic E-state index is 12.5. The third-order valence-corrected chi connectivity index (χ3v) is 4.49. The van der Waals surface area contributed by atoms with Gasteiger partial charge in [0.05, 0.1) is 17.7 Å². The van der Waals surface area contributed by atoms with Crippen molar-refractivity contribution < 1.29 is 4.79 Å². The van der Waals surface area contributed by atoms with E-state index in [0.717, 1.165) is 49.3 Å². The molecule has 0 saturated carbocycles. The molecule has 0 bridgehead atoms. The molecule has 2 N–H and O–H groups in total. The molecule has 0 unspecified atom stereocenters. The van der Waals surface area contributed by atoms with Crippen molar-refractivity contribution in [2.24, 2.45) is 5.92 Å². The molecule has 1 aromatic carbocycles. The van der Waals surface area contributed by atoms with Crippen molar-refractivity contribution >= 4 is 11.6 Å². The zero-order valence-electron chi connectivity index (χ0n) is 11.8. The fraction of sp³-hybridized carbons (Fsp3) is 0.375. The summed E-state index contributed by atoms with van der Waals surface area (Å²) in [5, 5.41) is 1.99. The molecule has 1 aliphatic heterocycles. The van der Waals surface area contributed by atoms with Crippen LogP contribution < -0.4 is 10.4 Å². The number of H-pyrrole nitrogens is 1. The number of carbonyl (C=O) groups is 1. The lowest BCUT2D eigenvalue weighted by Crippen LogP contribution is -2.45. The minimum absolute atomic E-state index is 0.0331. The first-order valence-electron chi connectivity index (χ1n) is 7.48. The highest BCUT2D eigenvalue weighted by molar-refractivity contribution is 5.81. The number of amides is 1. The number of fused-ring (bicyclic) bond motifs is 2. The first kappa shape index (κ1) is 12.4. The van der Waals surface area contributed by atoms with Crippen LogP contribution in [0.5, 0.6) is 0 Å². The van der Waals surface area contributed by atoms with Gasteiger partial charge < -0.3 is 4.98 Å². The minimum atomic E-state index is 0.0331. The van der Waals surface area contributed by atoms with Crippen LogP contribution in [-0.4, -0.2) is 22.4 Å². The molecule has 5 nitrogen and oxygen atoms in total. The molecule has 21 heavy (non-hydrogen) atoms. The van der Waals surface area contributed by atoms with E-state index in [2.05, 4.69) is 27.5 Å². The van der Waals surface area contributed by atoms with Crippen molar-refractivity contribution in [3.63, 3.8) is 0 Å². The molecular weight excluding hydrogens is 264 g/mol. The molecule has 0 saturated heterocycles. The molecule has 5 heteroatoms. The number of hydrogen-bond acceptors (Lipinski definition) is 3. The standard InChI is InChI=1S/C16H18N4O/c21-16(12-5-6-13-14(9-12)18-10-17-13)19-20-8-7-11-3-1-2-4-15(11)20/h1-4,10,12H,5-9H2,(H,17,18)(H,19,21)/t12-/m0/s1. The number of rotatable bonds is 2. The maximum atomic E-state index is 12.5. The zero-order chi connectivity index (χ0) is 14.2. The van der Waals surface area contributed by atoms with Crippen LogP contribution in [-0.2, 0) is 24.1 Å². The highest BCUT2D eigenvalue weighted by atomic mass is 16.2. The molecule has 0 radical (unpaired) electrons. The molecule has 2 heterocycles. The smallest absolute Gasteiger partial charge is 0.242 e. The number of benzene rings is 1. The van der Waals surface area contributed by atoms with Gasteiger partial charge in [0.1, 0.15) is 0 Å². The first-order chi connectivity index (χ1) is 10.3.